The number of rotatable bonds is 3. The largest absolute Gasteiger partial charge is 0.368 e. The number of amides is 1. The number of carbonyl (C=O) groups excluding carboxylic acids is 1. The number of hydrogen-bond donors (Lipinski definition) is 0. The van der Waals surface area contributed by atoms with Gasteiger partial charge in [-0.25, -0.2) is 9.97 Å². The number of anilines is 2. The molecule has 1 aromatic carbocycles. The lowest BCUT2D eigenvalue weighted by Crippen LogP contribution is -2.50. The number of hydrogen-bond acceptors (Lipinski definition) is 5. The number of aromatic nitrogens is 2. The number of nitrogens with zero attached hydrogens (tertiary/aromatic N) is 5. The lowest BCUT2D eigenvalue weighted by atomic mass is 10.1. The molecule has 1 saturated heterocycles. The minimum Gasteiger partial charge on any atom is -0.368 e. The van der Waals surface area contributed by atoms with Gasteiger partial charge in [-0.3, -0.25) is 4.79 Å². The van der Waals surface area contributed by atoms with Crippen LogP contribution < -0.4 is 9.80 Å². The van der Waals surface area contributed by atoms with Crippen molar-refractivity contribution >= 4 is 28.3 Å². The van der Waals surface area contributed by atoms with Crippen molar-refractivity contribution in [2.45, 2.75) is 25.7 Å². The Balaban J connectivity index is 1.49. The Labute approximate surface area is 154 Å². The molecule has 0 spiro atoms. The molecule has 1 aliphatic carbocycles. The highest BCUT2D eigenvalue weighted by Gasteiger charge is 2.29. The van der Waals surface area contributed by atoms with E-state index in [2.05, 4.69) is 38.0 Å². The van der Waals surface area contributed by atoms with E-state index in [0.717, 1.165) is 55.7 Å². The van der Waals surface area contributed by atoms with E-state index < -0.39 is 0 Å². The highest BCUT2D eigenvalue weighted by atomic mass is 16.2. The standard InChI is InChI=1S/C20H27N5O/c1-23(2)19-17-13-16(7-8-18(17)21-14-22-19)24-9-11-25(12-10-24)20(26)15-5-3-4-6-15/h7-8,13-15H,3-6,9-12H2,1-2H3. The summed E-state index contributed by atoms with van der Waals surface area (Å²) in [7, 11) is 4.00. The van der Waals surface area contributed by atoms with Crippen molar-refractivity contribution < 1.29 is 4.79 Å². The van der Waals surface area contributed by atoms with Gasteiger partial charge in [-0.05, 0) is 31.0 Å². The van der Waals surface area contributed by atoms with E-state index in [4.69, 9.17) is 0 Å². The first-order valence-corrected chi connectivity index (χ1v) is 9.59. The molecular weight excluding hydrogens is 326 g/mol. The van der Waals surface area contributed by atoms with Crippen LogP contribution in [0.4, 0.5) is 11.5 Å². The van der Waals surface area contributed by atoms with Crippen molar-refractivity contribution in [3.8, 4) is 0 Å². The van der Waals surface area contributed by atoms with Crippen LogP contribution >= 0.6 is 0 Å². The second kappa shape index (κ2) is 7.09. The molecule has 6 nitrogen and oxygen atoms in total. The minimum absolute atomic E-state index is 0.280. The second-order valence-electron chi connectivity index (χ2n) is 7.59. The SMILES string of the molecule is CN(C)c1ncnc2ccc(N3CCN(C(=O)C4CCCC4)CC3)cc12. The molecule has 1 amide bonds. The second-order valence-corrected chi connectivity index (χ2v) is 7.59. The molecule has 1 aromatic heterocycles. The number of benzene rings is 1. The van der Waals surface area contributed by atoms with Gasteiger partial charge in [0, 0.05) is 57.3 Å². The van der Waals surface area contributed by atoms with Crippen molar-refractivity contribution in [2.24, 2.45) is 5.92 Å². The van der Waals surface area contributed by atoms with Crippen LogP contribution in [0.2, 0.25) is 0 Å². The average Bonchev–Trinajstić information content (AvgIpc) is 3.21. The number of fused-ring (bicyclic) bond motifs is 1. The van der Waals surface area contributed by atoms with Gasteiger partial charge in [0.1, 0.15) is 12.1 Å². The van der Waals surface area contributed by atoms with Gasteiger partial charge in [0.25, 0.3) is 0 Å². The highest BCUT2D eigenvalue weighted by molar-refractivity contribution is 5.91. The normalized spacial score (nSPS) is 18.5. The van der Waals surface area contributed by atoms with Gasteiger partial charge in [0.15, 0.2) is 0 Å². The summed E-state index contributed by atoms with van der Waals surface area (Å²) in [6.45, 7) is 3.41. The Bertz CT molecular complexity index is 792. The van der Waals surface area contributed by atoms with Crippen LogP contribution in [-0.2, 0) is 4.79 Å². The highest BCUT2D eigenvalue weighted by Crippen LogP contribution is 2.29. The molecule has 2 aliphatic rings. The Hall–Kier alpha value is -2.37. The van der Waals surface area contributed by atoms with Gasteiger partial charge in [0.2, 0.25) is 5.91 Å². The fourth-order valence-electron chi connectivity index (χ4n) is 4.20. The van der Waals surface area contributed by atoms with Crippen LogP contribution in [0.3, 0.4) is 0 Å². The van der Waals surface area contributed by atoms with Gasteiger partial charge in [0.05, 0.1) is 5.52 Å². The minimum atomic E-state index is 0.280. The monoisotopic (exact) mass is 353 g/mol. The summed E-state index contributed by atoms with van der Waals surface area (Å²) in [5.41, 5.74) is 2.14. The summed E-state index contributed by atoms with van der Waals surface area (Å²) in [5.74, 6) is 1.60. The third-order valence-corrected chi connectivity index (χ3v) is 5.68. The first kappa shape index (κ1) is 17.1. The quantitative estimate of drug-likeness (QED) is 0.849. The zero-order valence-electron chi connectivity index (χ0n) is 15.7. The van der Waals surface area contributed by atoms with Crippen molar-refractivity contribution in [2.75, 3.05) is 50.1 Å². The molecule has 0 radical (unpaired) electrons. The molecule has 2 fully saturated rings. The van der Waals surface area contributed by atoms with Crippen molar-refractivity contribution in [3.63, 3.8) is 0 Å². The zero-order chi connectivity index (χ0) is 18.1. The van der Waals surface area contributed by atoms with Crippen LogP contribution in [-0.4, -0.2) is 61.0 Å². The third-order valence-electron chi connectivity index (χ3n) is 5.68. The van der Waals surface area contributed by atoms with E-state index in [1.54, 1.807) is 6.33 Å². The molecular formula is C20H27N5O. The maximum Gasteiger partial charge on any atom is 0.225 e. The predicted octanol–water partition coefficient (Wildman–Crippen LogP) is 2.53. The van der Waals surface area contributed by atoms with E-state index in [-0.39, 0.29) is 5.92 Å². The summed E-state index contributed by atoms with van der Waals surface area (Å²) >= 11 is 0. The van der Waals surface area contributed by atoms with Crippen molar-refractivity contribution in [1.82, 2.24) is 14.9 Å². The van der Waals surface area contributed by atoms with Crippen molar-refractivity contribution in [1.29, 1.82) is 0 Å². The van der Waals surface area contributed by atoms with Gasteiger partial charge in [-0.2, -0.15) is 0 Å². The van der Waals surface area contributed by atoms with Crippen LogP contribution in [0.25, 0.3) is 10.9 Å². The van der Waals surface area contributed by atoms with Crippen LogP contribution in [0.1, 0.15) is 25.7 Å². The molecule has 1 saturated carbocycles. The lowest BCUT2D eigenvalue weighted by molar-refractivity contribution is -0.135. The Kier molecular flexibility index (Phi) is 4.66. The summed E-state index contributed by atoms with van der Waals surface area (Å²) < 4.78 is 0. The first-order chi connectivity index (χ1) is 12.6. The van der Waals surface area contributed by atoms with Gasteiger partial charge < -0.3 is 14.7 Å². The summed E-state index contributed by atoms with van der Waals surface area (Å²) in [6.07, 6.45) is 6.20. The van der Waals surface area contributed by atoms with Gasteiger partial charge >= 0.3 is 0 Å². The van der Waals surface area contributed by atoms with E-state index >= 15 is 0 Å². The smallest absolute Gasteiger partial charge is 0.225 e. The maximum atomic E-state index is 12.6. The van der Waals surface area contributed by atoms with Gasteiger partial charge in [-0.15, -0.1) is 0 Å². The Morgan fingerprint density at radius 2 is 1.81 bits per heavy atom. The molecule has 6 heteroatoms. The fourth-order valence-corrected chi connectivity index (χ4v) is 4.20. The van der Waals surface area contributed by atoms with Crippen LogP contribution in [0.5, 0.6) is 0 Å². The van der Waals surface area contributed by atoms with Crippen LogP contribution in [0, 0.1) is 5.92 Å². The molecule has 0 atom stereocenters. The average molecular weight is 353 g/mol. The zero-order valence-corrected chi connectivity index (χ0v) is 15.7. The molecule has 4 rings (SSSR count). The maximum absolute atomic E-state index is 12.6. The van der Waals surface area contributed by atoms with Gasteiger partial charge in [-0.1, -0.05) is 12.8 Å². The van der Waals surface area contributed by atoms with E-state index in [1.165, 1.54) is 18.5 Å². The molecule has 0 unspecified atom stereocenters. The van der Waals surface area contributed by atoms with E-state index in [9.17, 15) is 4.79 Å². The summed E-state index contributed by atoms with van der Waals surface area (Å²) in [4.78, 5) is 27.9. The molecule has 0 N–H and O–H groups in total. The van der Waals surface area contributed by atoms with E-state index in [0.29, 0.717) is 5.91 Å². The van der Waals surface area contributed by atoms with Crippen LogP contribution in [0.15, 0.2) is 24.5 Å². The summed E-state index contributed by atoms with van der Waals surface area (Å²) in [6, 6.07) is 6.37. The molecule has 26 heavy (non-hydrogen) atoms. The van der Waals surface area contributed by atoms with Crippen molar-refractivity contribution in [3.05, 3.63) is 24.5 Å². The first-order valence-electron chi connectivity index (χ1n) is 9.59. The van der Waals surface area contributed by atoms with E-state index in [1.807, 2.05) is 19.0 Å². The molecule has 2 heterocycles. The third kappa shape index (κ3) is 3.20. The molecule has 2 aromatic rings. The predicted molar refractivity (Wildman–Crippen MR) is 105 cm³/mol. The summed E-state index contributed by atoms with van der Waals surface area (Å²) in [5, 5.41) is 1.07. The fraction of sp³-hybridized carbons (Fsp3) is 0.550. The molecule has 1 aliphatic heterocycles. The number of carbonyl (C=O) groups is 1. The Morgan fingerprint density at radius 3 is 2.50 bits per heavy atom. The molecule has 138 valence electrons. The topological polar surface area (TPSA) is 52.6 Å². The lowest BCUT2D eigenvalue weighted by Gasteiger charge is -2.37. The Morgan fingerprint density at radius 1 is 1.08 bits per heavy atom. The molecule has 0 bridgehead atoms. The number of piperazine rings is 1.